The SMILES string of the molecule is Cc1cc(Br)c(F)cc1Nc1nccnc1C#N. The standard InChI is InChI=1S/C12H8BrFN4/c1-7-4-8(13)9(14)5-10(7)18-12-11(6-15)16-2-3-17-12/h2-5H,1H3,(H,17,18). The smallest absolute Gasteiger partial charge is 0.183 e. The predicted octanol–water partition coefficient (Wildman–Crippen LogP) is 3.30. The monoisotopic (exact) mass is 306 g/mol. The molecule has 2 aromatic rings. The summed E-state index contributed by atoms with van der Waals surface area (Å²) < 4.78 is 13.9. The second kappa shape index (κ2) is 5.10. The van der Waals surface area contributed by atoms with Crippen LogP contribution in [0.15, 0.2) is 29.0 Å². The number of rotatable bonds is 2. The Morgan fingerprint density at radius 1 is 1.33 bits per heavy atom. The average molecular weight is 307 g/mol. The van der Waals surface area contributed by atoms with Gasteiger partial charge in [-0.2, -0.15) is 5.26 Å². The molecule has 0 radical (unpaired) electrons. The minimum Gasteiger partial charge on any atom is -0.337 e. The Morgan fingerprint density at radius 2 is 2.06 bits per heavy atom. The third kappa shape index (κ3) is 2.46. The lowest BCUT2D eigenvalue weighted by molar-refractivity contribution is 0.621. The molecule has 2 rings (SSSR count). The van der Waals surface area contributed by atoms with Gasteiger partial charge in [0.2, 0.25) is 0 Å². The largest absolute Gasteiger partial charge is 0.337 e. The lowest BCUT2D eigenvalue weighted by Crippen LogP contribution is -2.00. The molecule has 90 valence electrons. The topological polar surface area (TPSA) is 61.6 Å². The molecular formula is C12H8BrFN4. The van der Waals surface area contributed by atoms with E-state index in [2.05, 4.69) is 31.2 Å². The highest BCUT2D eigenvalue weighted by Crippen LogP contribution is 2.26. The van der Waals surface area contributed by atoms with Gasteiger partial charge in [-0.3, -0.25) is 0 Å². The van der Waals surface area contributed by atoms with Crippen molar-refractivity contribution in [1.82, 2.24) is 9.97 Å². The van der Waals surface area contributed by atoms with Crippen LogP contribution >= 0.6 is 15.9 Å². The number of hydrogen-bond acceptors (Lipinski definition) is 4. The normalized spacial score (nSPS) is 9.89. The van der Waals surface area contributed by atoms with Crippen LogP contribution in [0.5, 0.6) is 0 Å². The van der Waals surface area contributed by atoms with Crippen molar-refractivity contribution in [3.63, 3.8) is 0 Å². The molecule has 1 aromatic heterocycles. The Labute approximate surface area is 112 Å². The van der Waals surface area contributed by atoms with Crippen LogP contribution in [0, 0.1) is 24.1 Å². The first-order chi connectivity index (χ1) is 8.61. The Balaban J connectivity index is 2.41. The van der Waals surface area contributed by atoms with E-state index in [-0.39, 0.29) is 11.5 Å². The maximum Gasteiger partial charge on any atom is 0.183 e. The summed E-state index contributed by atoms with van der Waals surface area (Å²) in [6.45, 7) is 1.83. The van der Waals surface area contributed by atoms with Gasteiger partial charge in [-0.15, -0.1) is 0 Å². The van der Waals surface area contributed by atoms with E-state index < -0.39 is 0 Å². The highest BCUT2D eigenvalue weighted by atomic mass is 79.9. The lowest BCUT2D eigenvalue weighted by Gasteiger charge is -2.10. The lowest BCUT2D eigenvalue weighted by atomic mass is 10.2. The van der Waals surface area contributed by atoms with Crippen molar-refractivity contribution in [2.45, 2.75) is 6.92 Å². The molecule has 0 aliphatic carbocycles. The zero-order chi connectivity index (χ0) is 13.1. The first kappa shape index (κ1) is 12.5. The number of aromatic nitrogens is 2. The summed E-state index contributed by atoms with van der Waals surface area (Å²) in [6, 6.07) is 4.92. The van der Waals surface area contributed by atoms with Crippen LogP contribution in [0.3, 0.4) is 0 Å². The predicted molar refractivity (Wildman–Crippen MR) is 68.9 cm³/mol. The summed E-state index contributed by atoms with van der Waals surface area (Å²) in [4.78, 5) is 7.88. The van der Waals surface area contributed by atoms with Crippen LogP contribution in [0.1, 0.15) is 11.3 Å². The Hall–Kier alpha value is -2.00. The van der Waals surface area contributed by atoms with E-state index in [4.69, 9.17) is 5.26 Å². The molecule has 0 fully saturated rings. The molecule has 0 bridgehead atoms. The number of nitrogens with one attached hydrogen (secondary N) is 1. The van der Waals surface area contributed by atoms with Gasteiger partial charge in [0.15, 0.2) is 11.5 Å². The number of halogens is 2. The van der Waals surface area contributed by atoms with Gasteiger partial charge in [-0.25, -0.2) is 14.4 Å². The molecule has 0 aliphatic rings. The quantitative estimate of drug-likeness (QED) is 0.924. The molecule has 0 saturated heterocycles. The molecule has 0 unspecified atom stereocenters. The fraction of sp³-hybridized carbons (Fsp3) is 0.0833. The molecule has 0 amide bonds. The van der Waals surface area contributed by atoms with E-state index in [1.807, 2.05) is 13.0 Å². The molecule has 1 heterocycles. The van der Waals surface area contributed by atoms with E-state index in [1.165, 1.54) is 18.5 Å². The van der Waals surface area contributed by atoms with Gasteiger partial charge in [0.1, 0.15) is 11.9 Å². The summed E-state index contributed by atoms with van der Waals surface area (Å²) in [5.41, 5.74) is 1.55. The van der Waals surface area contributed by atoms with Gasteiger partial charge in [0, 0.05) is 18.1 Å². The van der Waals surface area contributed by atoms with Crippen molar-refractivity contribution in [3.8, 4) is 6.07 Å². The van der Waals surface area contributed by atoms with E-state index in [0.29, 0.717) is 16.0 Å². The van der Waals surface area contributed by atoms with E-state index in [9.17, 15) is 4.39 Å². The Bertz CT molecular complexity index is 636. The third-order valence-electron chi connectivity index (χ3n) is 2.32. The fourth-order valence-corrected chi connectivity index (χ4v) is 1.88. The number of anilines is 2. The van der Waals surface area contributed by atoms with Crippen LogP contribution in [0.4, 0.5) is 15.9 Å². The van der Waals surface area contributed by atoms with E-state index >= 15 is 0 Å². The molecule has 1 N–H and O–H groups in total. The van der Waals surface area contributed by atoms with Gasteiger partial charge < -0.3 is 5.32 Å². The van der Waals surface area contributed by atoms with E-state index in [0.717, 1.165) is 5.56 Å². The van der Waals surface area contributed by atoms with E-state index in [1.54, 1.807) is 6.07 Å². The van der Waals surface area contributed by atoms with Crippen molar-refractivity contribution in [2.75, 3.05) is 5.32 Å². The summed E-state index contributed by atoms with van der Waals surface area (Å²) >= 11 is 3.11. The number of benzene rings is 1. The van der Waals surface area contributed by atoms with Gasteiger partial charge in [0.05, 0.1) is 4.47 Å². The molecule has 0 atom stereocenters. The van der Waals surface area contributed by atoms with Crippen LogP contribution in [-0.2, 0) is 0 Å². The zero-order valence-electron chi connectivity index (χ0n) is 9.41. The van der Waals surface area contributed by atoms with Gasteiger partial charge in [-0.1, -0.05) is 0 Å². The molecule has 6 heteroatoms. The van der Waals surface area contributed by atoms with Crippen LogP contribution < -0.4 is 5.32 Å². The summed E-state index contributed by atoms with van der Waals surface area (Å²) in [7, 11) is 0. The summed E-state index contributed by atoms with van der Waals surface area (Å²) in [5.74, 6) is -0.0738. The maximum atomic E-state index is 13.5. The van der Waals surface area contributed by atoms with Crippen molar-refractivity contribution >= 4 is 27.4 Å². The second-order valence-corrected chi connectivity index (χ2v) is 4.43. The number of aryl methyl sites for hydroxylation is 1. The van der Waals surface area contributed by atoms with Gasteiger partial charge in [0.25, 0.3) is 0 Å². The highest BCUT2D eigenvalue weighted by molar-refractivity contribution is 9.10. The van der Waals surface area contributed by atoms with Crippen molar-refractivity contribution < 1.29 is 4.39 Å². The zero-order valence-corrected chi connectivity index (χ0v) is 11.0. The second-order valence-electron chi connectivity index (χ2n) is 3.57. The Kier molecular flexibility index (Phi) is 3.53. The van der Waals surface area contributed by atoms with Gasteiger partial charge >= 0.3 is 0 Å². The molecule has 1 aromatic carbocycles. The molecule has 0 saturated carbocycles. The average Bonchev–Trinajstić information content (AvgIpc) is 2.36. The van der Waals surface area contributed by atoms with Crippen LogP contribution in [0.25, 0.3) is 0 Å². The minimum atomic E-state index is -0.384. The third-order valence-corrected chi connectivity index (χ3v) is 2.93. The molecule has 4 nitrogen and oxygen atoms in total. The first-order valence-electron chi connectivity index (χ1n) is 5.05. The first-order valence-corrected chi connectivity index (χ1v) is 5.85. The fourth-order valence-electron chi connectivity index (χ4n) is 1.42. The molecule has 0 spiro atoms. The summed E-state index contributed by atoms with van der Waals surface area (Å²) in [6.07, 6.45) is 2.90. The van der Waals surface area contributed by atoms with Crippen molar-refractivity contribution in [2.24, 2.45) is 0 Å². The summed E-state index contributed by atoms with van der Waals surface area (Å²) in [5, 5.41) is 11.8. The van der Waals surface area contributed by atoms with Crippen LogP contribution in [-0.4, -0.2) is 9.97 Å². The molecule has 0 aliphatic heterocycles. The highest BCUT2D eigenvalue weighted by Gasteiger charge is 2.09. The van der Waals surface area contributed by atoms with Gasteiger partial charge in [-0.05, 0) is 40.5 Å². The number of nitriles is 1. The number of hydrogen-bond donors (Lipinski definition) is 1. The van der Waals surface area contributed by atoms with Crippen LogP contribution in [0.2, 0.25) is 0 Å². The Morgan fingerprint density at radius 3 is 2.78 bits per heavy atom. The van der Waals surface area contributed by atoms with Crippen molar-refractivity contribution in [3.05, 3.63) is 46.1 Å². The maximum absolute atomic E-state index is 13.5. The van der Waals surface area contributed by atoms with Crippen molar-refractivity contribution in [1.29, 1.82) is 5.26 Å². The minimum absolute atomic E-state index is 0.167. The number of nitrogens with zero attached hydrogens (tertiary/aromatic N) is 3. The molecular weight excluding hydrogens is 299 g/mol. The molecule has 18 heavy (non-hydrogen) atoms.